The second-order valence-electron chi connectivity index (χ2n) is 3.90. The van der Waals surface area contributed by atoms with Crippen LogP contribution in [0.5, 0.6) is 0 Å². The third kappa shape index (κ3) is 3.15. The SMILES string of the molecule is N#Cc1cccc(NC(=O)c2cc(CN)ccn2)c1. The molecule has 0 spiro atoms. The highest BCUT2D eigenvalue weighted by Gasteiger charge is 2.08. The largest absolute Gasteiger partial charge is 0.326 e. The quantitative estimate of drug-likeness (QED) is 0.869. The molecule has 1 aromatic heterocycles. The number of rotatable bonds is 3. The van der Waals surface area contributed by atoms with E-state index in [1.807, 2.05) is 6.07 Å². The third-order valence-electron chi connectivity index (χ3n) is 2.54. The Balaban J connectivity index is 2.18. The monoisotopic (exact) mass is 252 g/mol. The molecule has 0 bridgehead atoms. The molecule has 1 amide bonds. The smallest absolute Gasteiger partial charge is 0.274 e. The molecule has 0 saturated carbocycles. The minimum atomic E-state index is -0.328. The average Bonchev–Trinajstić information content (AvgIpc) is 2.47. The standard InChI is InChI=1S/C14H12N4O/c15-8-10-2-1-3-12(6-10)18-14(19)13-7-11(9-16)4-5-17-13/h1-7H,9,16H2,(H,18,19). The highest BCUT2D eigenvalue weighted by atomic mass is 16.1. The van der Waals surface area contributed by atoms with Gasteiger partial charge in [-0.25, -0.2) is 0 Å². The summed E-state index contributed by atoms with van der Waals surface area (Å²) in [5.74, 6) is -0.328. The van der Waals surface area contributed by atoms with Crippen LogP contribution in [0.25, 0.3) is 0 Å². The van der Waals surface area contributed by atoms with Gasteiger partial charge in [0.1, 0.15) is 5.69 Å². The van der Waals surface area contributed by atoms with Crippen molar-refractivity contribution in [3.8, 4) is 6.07 Å². The van der Waals surface area contributed by atoms with E-state index in [0.29, 0.717) is 23.5 Å². The Bertz CT molecular complexity index is 646. The molecular formula is C14H12N4O. The van der Waals surface area contributed by atoms with E-state index in [9.17, 15) is 4.79 Å². The van der Waals surface area contributed by atoms with Gasteiger partial charge in [-0.05, 0) is 35.9 Å². The van der Waals surface area contributed by atoms with Crippen molar-refractivity contribution in [3.05, 3.63) is 59.4 Å². The fourth-order valence-electron chi connectivity index (χ4n) is 1.59. The van der Waals surface area contributed by atoms with Gasteiger partial charge in [-0.2, -0.15) is 5.26 Å². The zero-order valence-corrected chi connectivity index (χ0v) is 10.1. The van der Waals surface area contributed by atoms with E-state index >= 15 is 0 Å². The predicted molar refractivity (Wildman–Crippen MR) is 71.2 cm³/mol. The molecule has 5 heteroatoms. The molecule has 0 aliphatic carbocycles. The lowest BCUT2D eigenvalue weighted by Crippen LogP contribution is -2.14. The number of hydrogen-bond donors (Lipinski definition) is 2. The molecule has 0 saturated heterocycles. The maximum atomic E-state index is 12.0. The van der Waals surface area contributed by atoms with Crippen LogP contribution >= 0.6 is 0 Å². The van der Waals surface area contributed by atoms with Crippen molar-refractivity contribution < 1.29 is 4.79 Å². The molecule has 1 heterocycles. The molecule has 2 aromatic rings. The van der Waals surface area contributed by atoms with Gasteiger partial charge in [0.2, 0.25) is 0 Å². The summed E-state index contributed by atoms with van der Waals surface area (Å²) in [6.45, 7) is 0.354. The number of nitrogens with one attached hydrogen (secondary N) is 1. The summed E-state index contributed by atoms with van der Waals surface area (Å²) in [6, 6.07) is 12.1. The van der Waals surface area contributed by atoms with Crippen LogP contribution in [-0.4, -0.2) is 10.9 Å². The van der Waals surface area contributed by atoms with Crippen LogP contribution in [0.15, 0.2) is 42.6 Å². The average molecular weight is 252 g/mol. The number of aromatic nitrogens is 1. The van der Waals surface area contributed by atoms with Crippen LogP contribution in [0.3, 0.4) is 0 Å². The van der Waals surface area contributed by atoms with E-state index in [4.69, 9.17) is 11.0 Å². The van der Waals surface area contributed by atoms with Gasteiger partial charge in [0.05, 0.1) is 11.6 Å². The molecule has 1 aromatic carbocycles. The van der Waals surface area contributed by atoms with Gasteiger partial charge in [-0.1, -0.05) is 6.07 Å². The fourth-order valence-corrected chi connectivity index (χ4v) is 1.59. The van der Waals surface area contributed by atoms with Gasteiger partial charge in [-0.15, -0.1) is 0 Å². The highest BCUT2D eigenvalue weighted by Crippen LogP contribution is 2.11. The molecular weight excluding hydrogens is 240 g/mol. The lowest BCUT2D eigenvalue weighted by Gasteiger charge is -2.05. The Hall–Kier alpha value is -2.71. The van der Waals surface area contributed by atoms with Crippen molar-refractivity contribution in [2.24, 2.45) is 5.73 Å². The fraction of sp³-hybridized carbons (Fsp3) is 0.0714. The first-order valence-corrected chi connectivity index (χ1v) is 5.69. The van der Waals surface area contributed by atoms with Crippen molar-refractivity contribution in [3.63, 3.8) is 0 Å². The number of carbonyl (C=O) groups excluding carboxylic acids is 1. The minimum Gasteiger partial charge on any atom is -0.326 e. The summed E-state index contributed by atoms with van der Waals surface area (Å²) in [7, 11) is 0. The van der Waals surface area contributed by atoms with E-state index in [0.717, 1.165) is 5.56 Å². The number of nitrogens with zero attached hydrogens (tertiary/aromatic N) is 2. The number of hydrogen-bond acceptors (Lipinski definition) is 4. The van der Waals surface area contributed by atoms with Gasteiger partial charge in [0.15, 0.2) is 0 Å². The molecule has 0 unspecified atom stereocenters. The molecule has 94 valence electrons. The van der Waals surface area contributed by atoms with E-state index in [-0.39, 0.29) is 5.91 Å². The first kappa shape index (κ1) is 12.7. The van der Waals surface area contributed by atoms with E-state index < -0.39 is 0 Å². The van der Waals surface area contributed by atoms with Crippen molar-refractivity contribution in [2.75, 3.05) is 5.32 Å². The Morgan fingerprint density at radius 1 is 1.37 bits per heavy atom. The maximum absolute atomic E-state index is 12.0. The van der Waals surface area contributed by atoms with E-state index in [1.54, 1.807) is 42.6 Å². The van der Waals surface area contributed by atoms with Gasteiger partial charge < -0.3 is 11.1 Å². The second kappa shape index (κ2) is 5.76. The number of pyridine rings is 1. The normalized spacial score (nSPS) is 9.68. The second-order valence-corrected chi connectivity index (χ2v) is 3.90. The first-order valence-electron chi connectivity index (χ1n) is 5.69. The Kier molecular flexibility index (Phi) is 3.86. The Morgan fingerprint density at radius 2 is 2.21 bits per heavy atom. The summed E-state index contributed by atoms with van der Waals surface area (Å²) < 4.78 is 0. The Morgan fingerprint density at radius 3 is 2.95 bits per heavy atom. The van der Waals surface area contributed by atoms with Crippen LogP contribution < -0.4 is 11.1 Å². The van der Waals surface area contributed by atoms with Gasteiger partial charge >= 0.3 is 0 Å². The predicted octanol–water partition coefficient (Wildman–Crippen LogP) is 1.66. The number of benzene rings is 1. The summed E-state index contributed by atoms with van der Waals surface area (Å²) in [4.78, 5) is 16.0. The zero-order chi connectivity index (χ0) is 13.7. The van der Waals surface area contributed by atoms with Crippen molar-refractivity contribution in [2.45, 2.75) is 6.54 Å². The summed E-state index contributed by atoms with van der Waals surface area (Å²) >= 11 is 0. The van der Waals surface area contributed by atoms with Gasteiger partial charge in [-0.3, -0.25) is 9.78 Å². The molecule has 0 radical (unpaired) electrons. The molecule has 0 atom stereocenters. The molecule has 0 aliphatic heterocycles. The zero-order valence-electron chi connectivity index (χ0n) is 10.1. The van der Waals surface area contributed by atoms with Crippen LogP contribution in [-0.2, 0) is 6.54 Å². The van der Waals surface area contributed by atoms with E-state index in [2.05, 4.69) is 10.3 Å². The first-order chi connectivity index (χ1) is 9.22. The molecule has 19 heavy (non-hydrogen) atoms. The van der Waals surface area contributed by atoms with Crippen LogP contribution in [0.2, 0.25) is 0 Å². The topological polar surface area (TPSA) is 91.8 Å². The van der Waals surface area contributed by atoms with Crippen molar-refractivity contribution in [1.82, 2.24) is 4.98 Å². The van der Waals surface area contributed by atoms with Crippen molar-refractivity contribution >= 4 is 11.6 Å². The number of anilines is 1. The highest BCUT2D eigenvalue weighted by molar-refractivity contribution is 6.03. The number of nitriles is 1. The minimum absolute atomic E-state index is 0.297. The van der Waals surface area contributed by atoms with Crippen LogP contribution in [0.1, 0.15) is 21.6 Å². The maximum Gasteiger partial charge on any atom is 0.274 e. The summed E-state index contributed by atoms with van der Waals surface area (Å²) in [6.07, 6.45) is 1.54. The van der Waals surface area contributed by atoms with Gasteiger partial charge in [0.25, 0.3) is 5.91 Å². The van der Waals surface area contributed by atoms with Gasteiger partial charge in [0, 0.05) is 18.4 Å². The van der Waals surface area contributed by atoms with Crippen LogP contribution in [0, 0.1) is 11.3 Å². The summed E-state index contributed by atoms with van der Waals surface area (Å²) in [5, 5.41) is 11.5. The lowest BCUT2D eigenvalue weighted by atomic mass is 10.2. The Labute approximate surface area is 110 Å². The number of carbonyl (C=O) groups is 1. The molecule has 0 aliphatic rings. The lowest BCUT2D eigenvalue weighted by molar-refractivity contribution is 0.102. The molecule has 5 nitrogen and oxygen atoms in total. The molecule has 0 fully saturated rings. The summed E-state index contributed by atoms with van der Waals surface area (Å²) in [5.41, 5.74) is 7.70. The molecule has 2 rings (SSSR count). The molecule has 3 N–H and O–H groups in total. The van der Waals surface area contributed by atoms with E-state index in [1.165, 1.54) is 0 Å². The third-order valence-corrected chi connectivity index (χ3v) is 2.54. The van der Waals surface area contributed by atoms with Crippen LogP contribution in [0.4, 0.5) is 5.69 Å². The number of amides is 1. The number of nitrogens with two attached hydrogens (primary N) is 1. The van der Waals surface area contributed by atoms with Crippen molar-refractivity contribution in [1.29, 1.82) is 5.26 Å².